The van der Waals surface area contributed by atoms with Crippen molar-refractivity contribution in [2.45, 2.75) is 13.5 Å². The molecule has 0 unspecified atom stereocenters. The van der Waals surface area contributed by atoms with E-state index < -0.39 is 5.69 Å². The minimum atomic E-state index is -0.399. The Bertz CT molecular complexity index is 681. The van der Waals surface area contributed by atoms with Crippen LogP contribution in [0.3, 0.4) is 0 Å². The van der Waals surface area contributed by atoms with Crippen molar-refractivity contribution < 1.29 is 4.79 Å². The van der Waals surface area contributed by atoms with E-state index in [1.165, 1.54) is 11.7 Å². The average Bonchev–Trinajstić information content (AvgIpc) is 2.80. The zero-order chi connectivity index (χ0) is 12.9. The highest BCUT2D eigenvalue weighted by Crippen LogP contribution is 2.22. The van der Waals surface area contributed by atoms with Gasteiger partial charge in [0.25, 0.3) is 0 Å². The second kappa shape index (κ2) is 3.56. The number of benzene rings is 1. The van der Waals surface area contributed by atoms with Gasteiger partial charge in [-0.2, -0.15) is 9.67 Å². The maximum atomic E-state index is 12.2. The van der Waals surface area contributed by atoms with E-state index >= 15 is 0 Å². The van der Waals surface area contributed by atoms with Gasteiger partial charge in [0.15, 0.2) is 5.82 Å². The van der Waals surface area contributed by atoms with Crippen LogP contribution >= 0.6 is 0 Å². The molecular formula is C12H12N4O2. The summed E-state index contributed by atoms with van der Waals surface area (Å²) in [4.78, 5) is 25.4. The summed E-state index contributed by atoms with van der Waals surface area (Å²) in [6, 6.07) is 7.25. The third-order valence-electron chi connectivity index (χ3n) is 3.06. The predicted molar refractivity (Wildman–Crippen MR) is 65.6 cm³/mol. The molecule has 18 heavy (non-hydrogen) atoms. The molecule has 0 spiro atoms. The Kier molecular flexibility index (Phi) is 2.13. The zero-order valence-corrected chi connectivity index (χ0v) is 10.1. The van der Waals surface area contributed by atoms with Crippen molar-refractivity contribution >= 4 is 11.7 Å². The fraction of sp³-hybridized carbons (Fsp3) is 0.250. The number of aryl methyl sites for hydroxylation is 2. The van der Waals surface area contributed by atoms with Crippen LogP contribution in [0, 0.1) is 6.92 Å². The molecule has 0 saturated carbocycles. The molecule has 0 atom stereocenters. The zero-order valence-electron chi connectivity index (χ0n) is 10.1. The summed E-state index contributed by atoms with van der Waals surface area (Å²) in [6.07, 6.45) is 0. The van der Waals surface area contributed by atoms with Gasteiger partial charge in [-0.25, -0.2) is 14.3 Å². The van der Waals surface area contributed by atoms with Crippen LogP contribution in [0.2, 0.25) is 0 Å². The summed E-state index contributed by atoms with van der Waals surface area (Å²) in [6.45, 7) is 2.31. The van der Waals surface area contributed by atoms with Crippen molar-refractivity contribution in [2.75, 3.05) is 4.90 Å². The summed E-state index contributed by atoms with van der Waals surface area (Å²) in [5.74, 6) is 0.480. The van der Waals surface area contributed by atoms with Gasteiger partial charge in [0.2, 0.25) is 0 Å². The molecular weight excluding hydrogens is 232 g/mol. The maximum absolute atomic E-state index is 12.2. The quantitative estimate of drug-likeness (QED) is 0.748. The van der Waals surface area contributed by atoms with Crippen LogP contribution in [0.25, 0.3) is 0 Å². The van der Waals surface area contributed by atoms with Crippen LogP contribution in [-0.2, 0) is 13.6 Å². The largest absolute Gasteiger partial charge is 0.354 e. The molecule has 1 aromatic heterocycles. The lowest BCUT2D eigenvalue weighted by atomic mass is 10.2. The highest BCUT2D eigenvalue weighted by atomic mass is 16.2. The number of aromatic nitrogens is 3. The van der Waals surface area contributed by atoms with Crippen molar-refractivity contribution in [1.29, 1.82) is 0 Å². The van der Waals surface area contributed by atoms with E-state index in [4.69, 9.17) is 0 Å². The van der Waals surface area contributed by atoms with E-state index in [9.17, 15) is 9.59 Å². The first kappa shape index (κ1) is 10.8. The van der Waals surface area contributed by atoms with Gasteiger partial charge in [-0.1, -0.05) is 17.7 Å². The lowest BCUT2D eigenvalue weighted by molar-refractivity contribution is 0.250. The number of fused-ring (bicyclic) bond motifs is 1. The number of nitrogens with zero attached hydrogens (tertiary/aromatic N) is 4. The number of hydrogen-bond donors (Lipinski definition) is 0. The van der Waals surface area contributed by atoms with Gasteiger partial charge in [0, 0.05) is 12.7 Å². The Balaban J connectivity index is 2.03. The molecule has 1 aliphatic rings. The Morgan fingerprint density at radius 3 is 2.44 bits per heavy atom. The highest BCUT2D eigenvalue weighted by Gasteiger charge is 2.32. The maximum Gasteiger partial charge on any atom is 0.354 e. The van der Waals surface area contributed by atoms with Gasteiger partial charge in [-0.3, -0.25) is 4.90 Å². The second-order valence-electron chi connectivity index (χ2n) is 4.36. The molecule has 2 aromatic rings. The molecule has 0 aliphatic carbocycles. The first-order chi connectivity index (χ1) is 8.58. The highest BCUT2D eigenvalue weighted by molar-refractivity contribution is 5.96. The van der Waals surface area contributed by atoms with Gasteiger partial charge >= 0.3 is 11.7 Å². The lowest BCUT2D eigenvalue weighted by Gasteiger charge is -2.14. The van der Waals surface area contributed by atoms with Crippen molar-refractivity contribution in [1.82, 2.24) is 14.3 Å². The normalized spacial score (nSPS) is 14.1. The van der Waals surface area contributed by atoms with E-state index in [0.29, 0.717) is 12.4 Å². The number of carbonyl (C=O) groups excluding carboxylic acids is 1. The fourth-order valence-corrected chi connectivity index (χ4v) is 2.07. The SMILES string of the molecule is Cc1ccc(N2Cc3nn(C)c(=O)n3C2=O)cc1. The second-order valence-corrected chi connectivity index (χ2v) is 4.36. The van der Waals surface area contributed by atoms with E-state index in [1.807, 2.05) is 31.2 Å². The molecule has 1 amide bonds. The van der Waals surface area contributed by atoms with Gasteiger partial charge < -0.3 is 0 Å². The van der Waals surface area contributed by atoms with Crippen molar-refractivity contribution in [3.63, 3.8) is 0 Å². The Morgan fingerprint density at radius 1 is 1.17 bits per heavy atom. The Hall–Kier alpha value is -2.37. The van der Waals surface area contributed by atoms with Crippen molar-refractivity contribution in [3.05, 3.63) is 46.1 Å². The lowest BCUT2D eigenvalue weighted by Crippen LogP contribution is -2.33. The van der Waals surface area contributed by atoms with E-state index in [2.05, 4.69) is 5.10 Å². The van der Waals surface area contributed by atoms with Crippen LogP contribution in [0.1, 0.15) is 11.4 Å². The first-order valence-electron chi connectivity index (χ1n) is 5.61. The molecule has 1 aromatic carbocycles. The number of hydrogen-bond acceptors (Lipinski definition) is 3. The molecule has 3 rings (SSSR count). The molecule has 0 radical (unpaired) electrons. The number of carbonyl (C=O) groups is 1. The number of rotatable bonds is 1. The van der Waals surface area contributed by atoms with E-state index in [-0.39, 0.29) is 6.03 Å². The summed E-state index contributed by atoms with van der Waals surface area (Å²) in [7, 11) is 1.54. The van der Waals surface area contributed by atoms with Gasteiger partial charge in [-0.15, -0.1) is 0 Å². The summed E-state index contributed by atoms with van der Waals surface area (Å²) < 4.78 is 2.29. The van der Waals surface area contributed by atoms with E-state index in [1.54, 1.807) is 4.90 Å². The summed E-state index contributed by atoms with van der Waals surface area (Å²) in [5.41, 5.74) is 1.50. The average molecular weight is 244 g/mol. The molecule has 6 nitrogen and oxygen atoms in total. The fourth-order valence-electron chi connectivity index (χ4n) is 2.07. The molecule has 1 aliphatic heterocycles. The van der Waals surface area contributed by atoms with Crippen LogP contribution < -0.4 is 10.6 Å². The third-order valence-corrected chi connectivity index (χ3v) is 3.06. The first-order valence-corrected chi connectivity index (χ1v) is 5.61. The smallest absolute Gasteiger partial charge is 0.286 e. The van der Waals surface area contributed by atoms with Crippen LogP contribution in [0.5, 0.6) is 0 Å². The standard InChI is InChI=1S/C12H12N4O2/c1-8-3-5-9(6-4-8)15-7-10-13-14(2)11(17)16(10)12(15)18/h3-6H,7H2,1-2H3. The van der Waals surface area contributed by atoms with Gasteiger partial charge in [0.05, 0.1) is 6.54 Å². The van der Waals surface area contributed by atoms with Crippen LogP contribution in [0.15, 0.2) is 29.1 Å². The van der Waals surface area contributed by atoms with E-state index in [0.717, 1.165) is 15.8 Å². The molecule has 2 heterocycles. The molecule has 92 valence electrons. The Morgan fingerprint density at radius 2 is 1.83 bits per heavy atom. The number of amides is 1. The summed E-state index contributed by atoms with van der Waals surface area (Å²) >= 11 is 0. The van der Waals surface area contributed by atoms with Crippen LogP contribution in [-0.4, -0.2) is 20.4 Å². The predicted octanol–water partition coefficient (Wildman–Crippen LogP) is 0.879. The molecule has 0 fully saturated rings. The molecule has 0 bridgehead atoms. The van der Waals surface area contributed by atoms with Gasteiger partial charge in [0.1, 0.15) is 0 Å². The topological polar surface area (TPSA) is 60.1 Å². The molecule has 6 heteroatoms. The van der Waals surface area contributed by atoms with Crippen molar-refractivity contribution in [3.8, 4) is 0 Å². The minimum Gasteiger partial charge on any atom is -0.286 e. The van der Waals surface area contributed by atoms with Crippen LogP contribution in [0.4, 0.5) is 10.5 Å². The summed E-state index contributed by atoms with van der Waals surface area (Å²) in [5, 5.41) is 4.04. The third kappa shape index (κ3) is 1.38. The Labute approximate surface area is 103 Å². The monoisotopic (exact) mass is 244 g/mol. The van der Waals surface area contributed by atoms with Crippen molar-refractivity contribution in [2.24, 2.45) is 7.05 Å². The molecule has 0 saturated heterocycles. The number of anilines is 1. The minimum absolute atomic E-state index is 0.331. The molecule has 0 N–H and O–H groups in total. The van der Waals surface area contributed by atoms with Gasteiger partial charge in [-0.05, 0) is 19.1 Å².